The van der Waals surface area contributed by atoms with Crippen LogP contribution in [0.3, 0.4) is 0 Å². The lowest BCUT2D eigenvalue weighted by Crippen LogP contribution is -2.14. The van der Waals surface area contributed by atoms with Crippen LogP contribution in [0.5, 0.6) is 0 Å². The monoisotopic (exact) mass is 396 g/mol. The highest BCUT2D eigenvalue weighted by atomic mass is 32.2. The Labute approximate surface area is 163 Å². The summed E-state index contributed by atoms with van der Waals surface area (Å²) in [6.45, 7) is 1.79. The minimum Gasteiger partial charge on any atom is -0.369 e. The maximum Gasteiger partial charge on any atom is 0.292 e. The largest absolute Gasteiger partial charge is 0.369 e. The molecule has 0 saturated carbocycles. The van der Waals surface area contributed by atoms with Crippen LogP contribution in [-0.4, -0.2) is 19.6 Å². The van der Waals surface area contributed by atoms with Crippen LogP contribution in [0, 0.1) is 17.0 Å². The molecule has 0 spiro atoms. The fourth-order valence-corrected chi connectivity index (χ4v) is 3.68. The molecule has 0 fully saturated rings. The molecule has 6 nitrogen and oxygen atoms in total. The van der Waals surface area contributed by atoms with Crippen LogP contribution in [0.4, 0.5) is 11.4 Å². The zero-order valence-electron chi connectivity index (χ0n) is 15.5. The lowest BCUT2D eigenvalue weighted by Gasteiger charge is -2.21. The summed E-state index contributed by atoms with van der Waals surface area (Å²) >= 11 is 0. The predicted octanol–water partition coefficient (Wildman–Crippen LogP) is 4.51. The molecule has 0 bridgehead atoms. The number of hydrogen-bond donors (Lipinski definition) is 1. The Morgan fingerprint density at radius 2 is 1.61 bits per heavy atom. The summed E-state index contributed by atoms with van der Waals surface area (Å²) in [6.07, 6.45) is 1.15. The second kappa shape index (κ2) is 7.82. The van der Waals surface area contributed by atoms with E-state index in [0.717, 1.165) is 17.4 Å². The van der Waals surface area contributed by atoms with Gasteiger partial charge in [-0.2, -0.15) is 0 Å². The quantitative estimate of drug-likeness (QED) is 0.489. The SMILES string of the molecule is Cc1ccc(NC(c2ccccc2)c2cccc(S(C)(=O)=O)c2)c([N+](=O)[O-])c1. The van der Waals surface area contributed by atoms with E-state index >= 15 is 0 Å². The van der Waals surface area contributed by atoms with Crippen molar-refractivity contribution in [2.75, 3.05) is 11.6 Å². The number of nitro groups is 1. The minimum absolute atomic E-state index is 0.0276. The maximum absolute atomic E-state index is 12.0. The van der Waals surface area contributed by atoms with Gasteiger partial charge in [-0.05, 0) is 41.8 Å². The number of aryl methyl sites for hydroxylation is 1. The van der Waals surface area contributed by atoms with Gasteiger partial charge in [0, 0.05) is 12.3 Å². The molecule has 1 atom stereocenters. The molecule has 28 heavy (non-hydrogen) atoms. The fourth-order valence-electron chi connectivity index (χ4n) is 3.00. The highest BCUT2D eigenvalue weighted by Gasteiger charge is 2.21. The number of nitrogens with zero attached hydrogens (tertiary/aromatic N) is 1. The molecule has 3 aromatic carbocycles. The van der Waals surface area contributed by atoms with Crippen LogP contribution < -0.4 is 5.32 Å². The molecule has 7 heteroatoms. The Morgan fingerprint density at radius 3 is 2.25 bits per heavy atom. The van der Waals surface area contributed by atoms with Crippen LogP contribution in [0.2, 0.25) is 0 Å². The van der Waals surface area contributed by atoms with Gasteiger partial charge in [-0.1, -0.05) is 48.5 Å². The number of hydrogen-bond acceptors (Lipinski definition) is 5. The molecular weight excluding hydrogens is 376 g/mol. The van der Waals surface area contributed by atoms with Crippen LogP contribution >= 0.6 is 0 Å². The topological polar surface area (TPSA) is 89.3 Å². The van der Waals surface area contributed by atoms with E-state index in [1.165, 1.54) is 12.1 Å². The van der Waals surface area contributed by atoms with Crippen molar-refractivity contribution in [3.05, 3.63) is 99.6 Å². The summed E-state index contributed by atoms with van der Waals surface area (Å²) in [5.74, 6) is 0. The molecule has 1 unspecified atom stereocenters. The van der Waals surface area contributed by atoms with Crippen molar-refractivity contribution in [2.45, 2.75) is 17.9 Å². The van der Waals surface area contributed by atoms with Crippen molar-refractivity contribution in [1.29, 1.82) is 0 Å². The van der Waals surface area contributed by atoms with Gasteiger partial charge in [0.1, 0.15) is 5.69 Å². The highest BCUT2D eigenvalue weighted by molar-refractivity contribution is 7.90. The number of nitro benzene ring substituents is 1. The Kier molecular flexibility index (Phi) is 5.46. The van der Waals surface area contributed by atoms with E-state index in [0.29, 0.717) is 11.3 Å². The van der Waals surface area contributed by atoms with Crippen LogP contribution in [0.25, 0.3) is 0 Å². The molecule has 1 N–H and O–H groups in total. The van der Waals surface area contributed by atoms with E-state index < -0.39 is 20.8 Å². The van der Waals surface area contributed by atoms with E-state index in [9.17, 15) is 18.5 Å². The second-order valence-electron chi connectivity index (χ2n) is 6.61. The predicted molar refractivity (Wildman–Crippen MR) is 109 cm³/mol. The first-order valence-corrected chi connectivity index (χ1v) is 10.5. The van der Waals surface area contributed by atoms with E-state index in [1.807, 2.05) is 30.3 Å². The number of sulfone groups is 1. The minimum atomic E-state index is -3.38. The van der Waals surface area contributed by atoms with Gasteiger partial charge in [0.2, 0.25) is 0 Å². The van der Waals surface area contributed by atoms with E-state index in [4.69, 9.17) is 0 Å². The summed E-state index contributed by atoms with van der Waals surface area (Å²) in [5, 5.41) is 14.7. The average molecular weight is 396 g/mol. The number of nitrogens with one attached hydrogen (secondary N) is 1. The van der Waals surface area contributed by atoms with Gasteiger partial charge in [0.15, 0.2) is 9.84 Å². The van der Waals surface area contributed by atoms with Gasteiger partial charge in [0.25, 0.3) is 5.69 Å². The molecule has 0 aromatic heterocycles. The van der Waals surface area contributed by atoms with Crippen molar-refractivity contribution in [3.63, 3.8) is 0 Å². The number of benzene rings is 3. The second-order valence-corrected chi connectivity index (χ2v) is 8.63. The van der Waals surface area contributed by atoms with Crippen molar-refractivity contribution in [1.82, 2.24) is 0 Å². The zero-order valence-corrected chi connectivity index (χ0v) is 16.3. The van der Waals surface area contributed by atoms with Crippen LogP contribution in [-0.2, 0) is 9.84 Å². The lowest BCUT2D eigenvalue weighted by atomic mass is 9.98. The first kappa shape index (κ1) is 19.6. The molecule has 0 aliphatic rings. The average Bonchev–Trinajstić information content (AvgIpc) is 2.67. The Balaban J connectivity index is 2.12. The van der Waals surface area contributed by atoms with Gasteiger partial charge in [-0.25, -0.2) is 8.42 Å². The molecule has 144 valence electrons. The van der Waals surface area contributed by atoms with Gasteiger partial charge in [-0.15, -0.1) is 0 Å². The molecule has 0 amide bonds. The molecule has 3 aromatic rings. The first-order chi connectivity index (χ1) is 13.3. The van der Waals surface area contributed by atoms with Crippen LogP contribution in [0.15, 0.2) is 77.7 Å². The third-order valence-corrected chi connectivity index (χ3v) is 5.51. The molecule has 0 radical (unpaired) electrons. The van der Waals surface area contributed by atoms with Crippen molar-refractivity contribution in [3.8, 4) is 0 Å². The van der Waals surface area contributed by atoms with Gasteiger partial charge >= 0.3 is 0 Å². The summed E-state index contributed by atoms with van der Waals surface area (Å²) in [7, 11) is -3.38. The summed E-state index contributed by atoms with van der Waals surface area (Å²) in [6, 6.07) is 20.5. The van der Waals surface area contributed by atoms with Gasteiger partial charge in [0.05, 0.1) is 15.9 Å². The highest BCUT2D eigenvalue weighted by Crippen LogP contribution is 2.33. The Hall–Kier alpha value is -3.19. The van der Waals surface area contributed by atoms with E-state index in [1.54, 1.807) is 37.3 Å². The summed E-state index contributed by atoms with van der Waals surface area (Å²) in [4.78, 5) is 11.3. The van der Waals surface area contributed by atoms with Crippen molar-refractivity contribution >= 4 is 21.2 Å². The van der Waals surface area contributed by atoms with Gasteiger partial charge in [-0.3, -0.25) is 10.1 Å². The third kappa shape index (κ3) is 4.37. The lowest BCUT2D eigenvalue weighted by molar-refractivity contribution is -0.384. The molecule has 0 aliphatic carbocycles. The summed E-state index contributed by atoms with van der Waals surface area (Å²) < 4.78 is 23.9. The normalized spacial score (nSPS) is 12.4. The van der Waals surface area contributed by atoms with E-state index in [-0.39, 0.29) is 10.6 Å². The van der Waals surface area contributed by atoms with E-state index in [2.05, 4.69) is 5.32 Å². The smallest absolute Gasteiger partial charge is 0.292 e. The van der Waals surface area contributed by atoms with Gasteiger partial charge < -0.3 is 5.32 Å². The standard InChI is InChI=1S/C21H20N2O4S/c1-15-11-12-19(20(13-15)23(24)25)22-21(16-7-4-3-5-8-16)17-9-6-10-18(14-17)28(2,26)27/h3-14,21-22H,1-2H3. The molecule has 0 aliphatic heterocycles. The molecular formula is C21H20N2O4S. The number of rotatable bonds is 6. The fraction of sp³-hybridized carbons (Fsp3) is 0.143. The third-order valence-electron chi connectivity index (χ3n) is 4.40. The Bertz CT molecular complexity index is 1110. The first-order valence-electron chi connectivity index (χ1n) is 8.62. The van der Waals surface area contributed by atoms with Crippen LogP contribution in [0.1, 0.15) is 22.7 Å². The zero-order chi connectivity index (χ0) is 20.3. The molecule has 3 rings (SSSR count). The van der Waals surface area contributed by atoms with Crippen molar-refractivity contribution < 1.29 is 13.3 Å². The molecule has 0 saturated heterocycles. The van der Waals surface area contributed by atoms with Crippen molar-refractivity contribution in [2.24, 2.45) is 0 Å². The maximum atomic E-state index is 12.0. The number of anilines is 1. The summed E-state index contributed by atoms with van der Waals surface area (Å²) in [5.41, 5.74) is 2.69. The molecule has 0 heterocycles. The Morgan fingerprint density at radius 1 is 0.929 bits per heavy atom.